The van der Waals surface area contributed by atoms with Gasteiger partial charge in [0.25, 0.3) is 0 Å². The molecule has 1 atom stereocenters. The van der Waals surface area contributed by atoms with E-state index in [1.54, 1.807) is 0 Å². The summed E-state index contributed by atoms with van der Waals surface area (Å²) >= 11 is 0. The molecule has 0 aliphatic heterocycles. The van der Waals surface area contributed by atoms with E-state index >= 15 is 0 Å². The second-order valence-electron chi connectivity index (χ2n) is 1.30. The lowest BCUT2D eigenvalue weighted by molar-refractivity contribution is -0.207. The van der Waals surface area contributed by atoms with Gasteiger partial charge in [0.15, 0.2) is 6.04 Å². The zero-order valence-electron chi connectivity index (χ0n) is 4.29. The molecular weight excluding hydrogens is 136 g/mol. The van der Waals surface area contributed by atoms with Gasteiger partial charge in [-0.25, -0.2) is 0 Å². The molecule has 0 aromatic rings. The van der Waals surface area contributed by atoms with E-state index in [1.807, 2.05) is 0 Å². The maximum atomic E-state index is 11.2. The van der Waals surface area contributed by atoms with Gasteiger partial charge in [-0.15, -0.1) is 8.96 Å². The SMILES string of the molecule is O=C(O)[C@H](CO)N(F)F. The predicted octanol–water partition coefficient (Wildman–Crippen LogP) is -0.497. The lowest BCUT2D eigenvalue weighted by Gasteiger charge is -2.06. The lowest BCUT2D eigenvalue weighted by atomic mass is 10.3. The molecule has 0 saturated heterocycles. The highest BCUT2D eigenvalue weighted by atomic mass is 19.4. The number of aliphatic carboxylic acids is 1. The highest BCUT2D eigenvalue weighted by Gasteiger charge is 2.24. The largest absolute Gasteiger partial charge is 0.480 e. The molecule has 0 rings (SSSR count). The minimum absolute atomic E-state index is 1.09. The molecule has 0 aromatic carbocycles. The lowest BCUT2D eigenvalue weighted by Crippen LogP contribution is -2.33. The fourth-order valence-corrected chi connectivity index (χ4v) is 0.223. The number of nitrogens with zero attached hydrogens (tertiary/aromatic N) is 1. The second-order valence-corrected chi connectivity index (χ2v) is 1.30. The monoisotopic (exact) mass is 141 g/mol. The van der Waals surface area contributed by atoms with Gasteiger partial charge >= 0.3 is 5.97 Å². The van der Waals surface area contributed by atoms with Crippen LogP contribution in [0.1, 0.15) is 0 Å². The van der Waals surface area contributed by atoms with Crippen molar-refractivity contribution in [2.45, 2.75) is 6.04 Å². The molecule has 0 unspecified atom stereocenters. The molecule has 4 nitrogen and oxygen atoms in total. The third kappa shape index (κ3) is 2.34. The van der Waals surface area contributed by atoms with Gasteiger partial charge in [0.2, 0.25) is 0 Å². The molecule has 0 radical (unpaired) electrons. The summed E-state index contributed by atoms with van der Waals surface area (Å²) in [4.78, 5) is 9.69. The summed E-state index contributed by atoms with van der Waals surface area (Å²) in [5.41, 5.74) is 0. The number of rotatable bonds is 3. The summed E-state index contributed by atoms with van der Waals surface area (Å²) in [6, 6.07) is -2.11. The van der Waals surface area contributed by atoms with Gasteiger partial charge in [-0.2, -0.15) is 0 Å². The fraction of sp³-hybridized carbons (Fsp3) is 0.667. The molecule has 54 valence electrons. The highest BCUT2D eigenvalue weighted by Crippen LogP contribution is 1.99. The van der Waals surface area contributed by atoms with Crippen LogP contribution < -0.4 is 0 Å². The van der Waals surface area contributed by atoms with Crippen LogP contribution in [0.2, 0.25) is 0 Å². The van der Waals surface area contributed by atoms with Gasteiger partial charge in [0.1, 0.15) is 0 Å². The molecule has 0 bridgehead atoms. The van der Waals surface area contributed by atoms with Crippen molar-refractivity contribution in [2.75, 3.05) is 6.61 Å². The van der Waals surface area contributed by atoms with Crippen molar-refractivity contribution in [3.63, 3.8) is 0 Å². The standard InChI is InChI=1S/C3H5F2NO3/c4-6(5)2(1-7)3(8)9/h2,7H,1H2,(H,8,9)/t2-/m0/s1. The van der Waals surface area contributed by atoms with Crippen LogP contribution in [0, 0.1) is 0 Å². The number of aliphatic hydroxyl groups is 1. The number of hydrogen-bond acceptors (Lipinski definition) is 3. The Balaban J connectivity index is 3.83. The average molecular weight is 141 g/mol. The van der Waals surface area contributed by atoms with E-state index in [9.17, 15) is 13.8 Å². The molecule has 2 N–H and O–H groups in total. The van der Waals surface area contributed by atoms with Crippen LogP contribution in [-0.2, 0) is 4.79 Å². The molecule has 0 heterocycles. The van der Waals surface area contributed by atoms with E-state index < -0.39 is 24.0 Å². The number of aliphatic hydroxyl groups excluding tert-OH is 1. The molecule has 6 heteroatoms. The Morgan fingerprint density at radius 3 is 2.11 bits per heavy atom. The third-order valence-electron chi connectivity index (χ3n) is 0.694. The van der Waals surface area contributed by atoms with Gasteiger partial charge in [-0.1, -0.05) is 0 Å². The van der Waals surface area contributed by atoms with Crippen LogP contribution in [0.15, 0.2) is 0 Å². The Kier molecular flexibility index (Phi) is 3.03. The summed E-state index contributed by atoms with van der Waals surface area (Å²) in [5, 5.41) is 14.3. The molecule has 0 fully saturated rings. The number of carboxylic acid groups (broad SMARTS) is 1. The van der Waals surface area contributed by atoms with E-state index in [2.05, 4.69) is 0 Å². The molecule has 0 aliphatic carbocycles. The quantitative estimate of drug-likeness (QED) is 0.520. The molecule has 0 saturated carbocycles. The second kappa shape index (κ2) is 3.31. The number of halogens is 2. The summed E-state index contributed by atoms with van der Waals surface area (Å²) in [6.45, 7) is -1.09. The van der Waals surface area contributed by atoms with Crippen LogP contribution in [0.5, 0.6) is 0 Å². The molecule has 9 heavy (non-hydrogen) atoms. The summed E-state index contributed by atoms with van der Waals surface area (Å²) in [5.74, 6) is -1.75. The van der Waals surface area contributed by atoms with Crippen molar-refractivity contribution in [2.24, 2.45) is 0 Å². The summed E-state index contributed by atoms with van der Waals surface area (Å²) in [7, 11) is 0. The minimum atomic E-state index is -2.11. The van der Waals surface area contributed by atoms with Crippen LogP contribution >= 0.6 is 0 Å². The molecular formula is C3H5F2NO3. The Labute approximate surface area is 49.2 Å². The smallest absolute Gasteiger partial charge is 0.329 e. The third-order valence-corrected chi connectivity index (χ3v) is 0.694. The molecule has 0 amide bonds. The Morgan fingerprint density at radius 1 is 1.67 bits per heavy atom. The molecule has 0 spiro atoms. The summed E-state index contributed by atoms with van der Waals surface area (Å²) in [6.07, 6.45) is 0. The van der Waals surface area contributed by atoms with E-state index in [0.717, 1.165) is 0 Å². The van der Waals surface area contributed by atoms with Crippen LogP contribution in [0.25, 0.3) is 0 Å². The first-order chi connectivity index (χ1) is 4.09. The first-order valence-corrected chi connectivity index (χ1v) is 2.04. The van der Waals surface area contributed by atoms with Crippen molar-refractivity contribution in [1.29, 1.82) is 0 Å². The minimum Gasteiger partial charge on any atom is -0.480 e. The van der Waals surface area contributed by atoms with Crippen molar-refractivity contribution in [3.8, 4) is 0 Å². The van der Waals surface area contributed by atoms with Crippen LogP contribution in [-0.4, -0.2) is 34.2 Å². The van der Waals surface area contributed by atoms with Gasteiger partial charge in [0, 0.05) is 5.34 Å². The maximum Gasteiger partial charge on any atom is 0.329 e. The summed E-state index contributed by atoms with van der Waals surface area (Å²) < 4.78 is 22.5. The normalized spacial score (nSPS) is 13.8. The Morgan fingerprint density at radius 2 is 2.11 bits per heavy atom. The molecule has 0 aliphatic rings. The maximum absolute atomic E-state index is 11.2. The van der Waals surface area contributed by atoms with Gasteiger partial charge in [0.05, 0.1) is 6.61 Å². The number of carboxylic acids is 1. The first kappa shape index (κ1) is 8.25. The van der Waals surface area contributed by atoms with Gasteiger partial charge in [-0.05, 0) is 0 Å². The highest BCUT2D eigenvalue weighted by molar-refractivity contribution is 5.73. The van der Waals surface area contributed by atoms with E-state index in [4.69, 9.17) is 10.2 Å². The first-order valence-electron chi connectivity index (χ1n) is 2.04. The van der Waals surface area contributed by atoms with Crippen molar-refractivity contribution in [3.05, 3.63) is 0 Å². The van der Waals surface area contributed by atoms with Crippen LogP contribution in [0.4, 0.5) is 8.96 Å². The van der Waals surface area contributed by atoms with Crippen molar-refractivity contribution in [1.82, 2.24) is 5.34 Å². The molecule has 0 aromatic heterocycles. The average Bonchev–Trinajstić information content (AvgIpc) is 1.64. The number of carbonyl (C=O) groups is 1. The van der Waals surface area contributed by atoms with Gasteiger partial charge in [-0.3, -0.25) is 4.79 Å². The van der Waals surface area contributed by atoms with Crippen molar-refractivity contribution >= 4 is 5.97 Å². The Hall–Kier alpha value is -0.750. The van der Waals surface area contributed by atoms with E-state index in [-0.39, 0.29) is 0 Å². The zero-order valence-corrected chi connectivity index (χ0v) is 4.29. The number of hydrogen-bond donors (Lipinski definition) is 2. The fourth-order valence-electron chi connectivity index (χ4n) is 0.223. The Bertz CT molecular complexity index is 107. The van der Waals surface area contributed by atoms with E-state index in [0.29, 0.717) is 0 Å². The van der Waals surface area contributed by atoms with Crippen LogP contribution in [0.3, 0.4) is 0 Å². The topological polar surface area (TPSA) is 60.8 Å². The predicted molar refractivity (Wildman–Crippen MR) is 22.6 cm³/mol. The van der Waals surface area contributed by atoms with Crippen molar-refractivity contribution < 1.29 is 24.0 Å². The van der Waals surface area contributed by atoms with E-state index in [1.165, 1.54) is 0 Å². The zero-order chi connectivity index (χ0) is 7.44. The van der Waals surface area contributed by atoms with Gasteiger partial charge < -0.3 is 10.2 Å².